The van der Waals surface area contributed by atoms with E-state index >= 15 is 0 Å². The quantitative estimate of drug-likeness (QED) is 0.491. The molecule has 0 bridgehead atoms. The lowest BCUT2D eigenvalue weighted by Gasteiger charge is -2.17. The second-order valence-electron chi connectivity index (χ2n) is 3.11. The second kappa shape index (κ2) is 7.49. The van der Waals surface area contributed by atoms with Gasteiger partial charge in [0, 0.05) is 6.54 Å². The SMILES string of the molecule is C#CCN(CC/C=C/CC)S(=O)(=O)CC. The van der Waals surface area contributed by atoms with Crippen molar-refractivity contribution in [3.63, 3.8) is 0 Å². The van der Waals surface area contributed by atoms with Gasteiger partial charge in [-0.1, -0.05) is 25.0 Å². The van der Waals surface area contributed by atoms with Crippen molar-refractivity contribution in [3.8, 4) is 12.3 Å². The summed E-state index contributed by atoms with van der Waals surface area (Å²) in [5.74, 6) is 2.48. The first kappa shape index (κ1) is 14.2. The van der Waals surface area contributed by atoms with Crippen LogP contribution in [0.1, 0.15) is 26.7 Å². The van der Waals surface area contributed by atoms with Gasteiger partial charge in [0.2, 0.25) is 10.0 Å². The maximum absolute atomic E-state index is 11.6. The Hall–Kier alpha value is -0.790. The molecule has 3 nitrogen and oxygen atoms in total. The van der Waals surface area contributed by atoms with Gasteiger partial charge in [-0.2, -0.15) is 4.31 Å². The van der Waals surface area contributed by atoms with Gasteiger partial charge < -0.3 is 0 Å². The predicted molar refractivity (Wildman–Crippen MR) is 63.9 cm³/mol. The summed E-state index contributed by atoms with van der Waals surface area (Å²) >= 11 is 0. The van der Waals surface area contributed by atoms with E-state index in [4.69, 9.17) is 6.42 Å². The number of hydrogen-bond donors (Lipinski definition) is 0. The fourth-order valence-corrected chi connectivity index (χ4v) is 2.12. The van der Waals surface area contributed by atoms with Crippen LogP contribution in [0.3, 0.4) is 0 Å². The third-order valence-corrected chi connectivity index (χ3v) is 3.80. The van der Waals surface area contributed by atoms with Crippen LogP contribution in [0.2, 0.25) is 0 Å². The average Bonchev–Trinajstić information content (AvgIpc) is 2.22. The van der Waals surface area contributed by atoms with Crippen molar-refractivity contribution < 1.29 is 8.42 Å². The van der Waals surface area contributed by atoms with E-state index in [1.807, 2.05) is 19.1 Å². The van der Waals surface area contributed by atoms with Crippen LogP contribution < -0.4 is 0 Å². The zero-order valence-corrected chi connectivity index (χ0v) is 10.3. The van der Waals surface area contributed by atoms with E-state index in [0.717, 1.165) is 12.8 Å². The van der Waals surface area contributed by atoms with E-state index in [0.29, 0.717) is 6.54 Å². The summed E-state index contributed by atoms with van der Waals surface area (Å²) < 4.78 is 24.5. The predicted octanol–water partition coefficient (Wildman–Crippen LogP) is 1.63. The molecule has 0 aromatic rings. The summed E-state index contributed by atoms with van der Waals surface area (Å²) in [6.45, 7) is 4.30. The molecule has 86 valence electrons. The Labute approximate surface area is 93.2 Å². The second-order valence-corrected chi connectivity index (χ2v) is 5.36. The Morgan fingerprint density at radius 2 is 2.00 bits per heavy atom. The largest absolute Gasteiger partial charge is 0.214 e. The lowest BCUT2D eigenvalue weighted by Crippen LogP contribution is -2.33. The van der Waals surface area contributed by atoms with Crippen LogP contribution in [0.15, 0.2) is 12.2 Å². The highest BCUT2D eigenvalue weighted by Gasteiger charge is 2.17. The molecule has 15 heavy (non-hydrogen) atoms. The standard InChI is InChI=1S/C11H19NO2S/c1-4-7-8-9-11-12(10-5-2)15(13,14)6-3/h2,7-8H,4,6,9-11H2,1,3H3/b8-7+. The van der Waals surface area contributed by atoms with E-state index in [1.165, 1.54) is 4.31 Å². The Bertz CT molecular complexity index is 325. The lowest BCUT2D eigenvalue weighted by molar-refractivity contribution is 0.453. The molecule has 0 fully saturated rings. The molecule has 0 saturated carbocycles. The Morgan fingerprint density at radius 3 is 2.47 bits per heavy atom. The summed E-state index contributed by atoms with van der Waals surface area (Å²) in [7, 11) is -3.15. The van der Waals surface area contributed by atoms with E-state index < -0.39 is 10.0 Å². The number of rotatable bonds is 7. The number of hydrogen-bond acceptors (Lipinski definition) is 2. The zero-order valence-electron chi connectivity index (χ0n) is 9.44. The molecule has 4 heteroatoms. The van der Waals surface area contributed by atoms with Crippen LogP contribution in [-0.4, -0.2) is 31.6 Å². The highest BCUT2D eigenvalue weighted by atomic mass is 32.2. The fourth-order valence-electron chi connectivity index (χ4n) is 1.10. The fraction of sp³-hybridized carbons (Fsp3) is 0.636. The molecule has 0 rings (SSSR count). The van der Waals surface area contributed by atoms with Gasteiger partial charge in [0.15, 0.2) is 0 Å². The number of nitrogens with zero attached hydrogens (tertiary/aromatic N) is 1. The first-order valence-corrected chi connectivity index (χ1v) is 6.75. The van der Waals surface area contributed by atoms with Gasteiger partial charge in [-0.15, -0.1) is 6.42 Å². The highest BCUT2D eigenvalue weighted by Crippen LogP contribution is 2.02. The first-order chi connectivity index (χ1) is 7.08. The summed E-state index contributed by atoms with van der Waals surface area (Å²) in [6, 6.07) is 0. The lowest BCUT2D eigenvalue weighted by atomic mass is 10.3. The molecular formula is C11H19NO2S. The third kappa shape index (κ3) is 5.60. The van der Waals surface area contributed by atoms with Crippen molar-refractivity contribution in [1.29, 1.82) is 0 Å². The van der Waals surface area contributed by atoms with Crippen molar-refractivity contribution in [2.45, 2.75) is 26.7 Å². The molecule has 0 spiro atoms. The average molecular weight is 229 g/mol. The van der Waals surface area contributed by atoms with Gasteiger partial charge in [0.05, 0.1) is 12.3 Å². The van der Waals surface area contributed by atoms with Gasteiger partial charge in [-0.3, -0.25) is 0 Å². The third-order valence-electron chi connectivity index (χ3n) is 1.97. The molecule has 0 aromatic carbocycles. The van der Waals surface area contributed by atoms with Crippen molar-refractivity contribution in [3.05, 3.63) is 12.2 Å². The van der Waals surface area contributed by atoms with Crippen LogP contribution in [0, 0.1) is 12.3 Å². The van der Waals surface area contributed by atoms with Gasteiger partial charge >= 0.3 is 0 Å². The molecule has 0 amide bonds. The van der Waals surface area contributed by atoms with Crippen molar-refractivity contribution >= 4 is 10.0 Å². The molecule has 0 radical (unpaired) electrons. The van der Waals surface area contributed by atoms with Gasteiger partial charge in [0.1, 0.15) is 0 Å². The molecule has 0 N–H and O–H groups in total. The van der Waals surface area contributed by atoms with Gasteiger partial charge in [-0.05, 0) is 19.8 Å². The molecule has 0 unspecified atom stereocenters. The Kier molecular flexibility index (Phi) is 7.10. The molecule has 0 saturated heterocycles. The topological polar surface area (TPSA) is 37.4 Å². The summed E-state index contributed by atoms with van der Waals surface area (Å²) in [4.78, 5) is 0. The monoisotopic (exact) mass is 229 g/mol. The minimum atomic E-state index is -3.15. The molecule has 0 aliphatic heterocycles. The first-order valence-electron chi connectivity index (χ1n) is 5.14. The van der Waals surface area contributed by atoms with E-state index in [2.05, 4.69) is 5.92 Å². The minimum Gasteiger partial charge on any atom is -0.212 e. The number of terminal acetylenes is 1. The highest BCUT2D eigenvalue weighted by molar-refractivity contribution is 7.89. The zero-order chi connectivity index (χ0) is 11.7. The van der Waals surface area contributed by atoms with Crippen molar-refractivity contribution in [1.82, 2.24) is 4.31 Å². The van der Waals surface area contributed by atoms with E-state index in [1.54, 1.807) is 6.92 Å². The molecule has 0 aliphatic carbocycles. The van der Waals surface area contributed by atoms with Crippen LogP contribution in [0.25, 0.3) is 0 Å². The van der Waals surface area contributed by atoms with E-state index in [-0.39, 0.29) is 12.3 Å². The Balaban J connectivity index is 4.31. The normalized spacial score (nSPS) is 12.1. The van der Waals surface area contributed by atoms with Crippen LogP contribution in [0.5, 0.6) is 0 Å². The smallest absolute Gasteiger partial charge is 0.212 e. The van der Waals surface area contributed by atoms with Gasteiger partial charge in [-0.25, -0.2) is 8.42 Å². The Morgan fingerprint density at radius 1 is 1.33 bits per heavy atom. The maximum Gasteiger partial charge on any atom is 0.214 e. The number of allylic oxidation sites excluding steroid dienone is 1. The van der Waals surface area contributed by atoms with Crippen LogP contribution in [0.4, 0.5) is 0 Å². The van der Waals surface area contributed by atoms with Crippen LogP contribution in [-0.2, 0) is 10.0 Å². The summed E-state index contributed by atoms with van der Waals surface area (Å²) in [5.41, 5.74) is 0. The molecule has 0 aliphatic rings. The molecule has 0 aromatic heterocycles. The molecular weight excluding hydrogens is 210 g/mol. The molecule has 0 atom stereocenters. The number of sulfonamides is 1. The van der Waals surface area contributed by atoms with Gasteiger partial charge in [0.25, 0.3) is 0 Å². The van der Waals surface area contributed by atoms with Crippen molar-refractivity contribution in [2.24, 2.45) is 0 Å². The minimum absolute atomic E-state index is 0.103. The van der Waals surface area contributed by atoms with E-state index in [9.17, 15) is 8.42 Å². The summed E-state index contributed by atoms with van der Waals surface area (Å²) in [5, 5.41) is 0. The van der Waals surface area contributed by atoms with Crippen LogP contribution >= 0.6 is 0 Å². The molecule has 0 heterocycles. The van der Waals surface area contributed by atoms with Crippen molar-refractivity contribution in [2.75, 3.05) is 18.8 Å². The summed E-state index contributed by atoms with van der Waals surface area (Å²) in [6.07, 6.45) is 10.8. The maximum atomic E-state index is 11.6.